The van der Waals surface area contributed by atoms with E-state index < -0.39 is 5.97 Å². The maximum Gasteiger partial charge on any atom is 0.338 e. The van der Waals surface area contributed by atoms with Gasteiger partial charge >= 0.3 is 5.97 Å². The van der Waals surface area contributed by atoms with Crippen molar-refractivity contribution in [1.29, 1.82) is 0 Å². The molecule has 0 aliphatic carbocycles. The van der Waals surface area contributed by atoms with E-state index in [9.17, 15) is 9.90 Å². The molecule has 0 aliphatic heterocycles. The number of hydrogen-bond acceptors (Lipinski definition) is 3. The Kier molecular flexibility index (Phi) is 4.03. The number of anilines is 1. The summed E-state index contributed by atoms with van der Waals surface area (Å²) in [5, 5.41) is 9.18. The molecule has 0 aromatic heterocycles. The zero-order chi connectivity index (χ0) is 11.4. The summed E-state index contributed by atoms with van der Waals surface area (Å²) in [6.07, 6.45) is 0. The summed E-state index contributed by atoms with van der Waals surface area (Å²) in [5.41, 5.74) is 1.15. The molecule has 3 nitrogen and oxygen atoms in total. The van der Waals surface area contributed by atoms with Gasteiger partial charge in [0.1, 0.15) is 0 Å². The van der Waals surface area contributed by atoms with E-state index in [1.165, 1.54) is 0 Å². The molecule has 0 aliphatic rings. The van der Waals surface area contributed by atoms with Crippen LogP contribution < -0.4 is 4.90 Å². The highest BCUT2D eigenvalue weighted by molar-refractivity contribution is 7.99. The lowest BCUT2D eigenvalue weighted by molar-refractivity contribution is 0.0694. The zero-order valence-electron chi connectivity index (χ0n) is 9.15. The maximum atomic E-state index is 11.2. The Morgan fingerprint density at radius 2 is 2.13 bits per heavy atom. The van der Waals surface area contributed by atoms with Crippen LogP contribution in [-0.2, 0) is 0 Å². The molecular formula is C11H15NO2S. The lowest BCUT2D eigenvalue weighted by atomic mass is 10.1. The van der Waals surface area contributed by atoms with E-state index in [1.807, 2.05) is 44.1 Å². The van der Waals surface area contributed by atoms with Gasteiger partial charge in [-0.25, -0.2) is 4.79 Å². The number of rotatable bonds is 4. The number of nitrogens with zero attached hydrogens (tertiary/aromatic N) is 1. The first kappa shape index (κ1) is 11.9. The summed E-state index contributed by atoms with van der Waals surface area (Å²) < 4.78 is 0. The second-order valence-corrected chi connectivity index (χ2v) is 4.59. The normalized spacial score (nSPS) is 10.1. The van der Waals surface area contributed by atoms with Crippen LogP contribution in [-0.4, -0.2) is 30.9 Å². The fourth-order valence-electron chi connectivity index (χ4n) is 1.38. The minimum Gasteiger partial charge on any atom is -0.478 e. The quantitative estimate of drug-likeness (QED) is 0.799. The highest BCUT2D eigenvalue weighted by Gasteiger charge is 2.16. The summed E-state index contributed by atoms with van der Waals surface area (Å²) in [7, 11) is 3.70. The first-order chi connectivity index (χ1) is 7.07. The third-order valence-corrected chi connectivity index (χ3v) is 2.94. The molecule has 1 aromatic rings. The van der Waals surface area contributed by atoms with Crippen molar-refractivity contribution in [2.45, 2.75) is 11.8 Å². The summed E-state index contributed by atoms with van der Waals surface area (Å²) in [4.78, 5) is 13.8. The number of hydrogen-bond donors (Lipinski definition) is 1. The molecule has 0 heterocycles. The van der Waals surface area contributed by atoms with E-state index in [2.05, 4.69) is 0 Å². The molecule has 4 heteroatoms. The van der Waals surface area contributed by atoms with Crippen LogP contribution in [0.4, 0.5) is 5.69 Å². The van der Waals surface area contributed by atoms with Crippen LogP contribution in [0.15, 0.2) is 23.1 Å². The Balaban J connectivity index is 3.28. The van der Waals surface area contributed by atoms with Crippen LogP contribution in [0.1, 0.15) is 17.3 Å². The summed E-state index contributed by atoms with van der Waals surface area (Å²) in [5.74, 6) is 0.00668. The summed E-state index contributed by atoms with van der Waals surface area (Å²) in [6.45, 7) is 2.01. The van der Waals surface area contributed by atoms with Gasteiger partial charge in [0.15, 0.2) is 0 Å². The Morgan fingerprint density at radius 1 is 1.47 bits per heavy atom. The van der Waals surface area contributed by atoms with Crippen LogP contribution in [0.5, 0.6) is 0 Å². The highest BCUT2D eigenvalue weighted by atomic mass is 32.2. The van der Waals surface area contributed by atoms with Crippen LogP contribution in [0.2, 0.25) is 0 Å². The van der Waals surface area contributed by atoms with Gasteiger partial charge in [0.25, 0.3) is 0 Å². The molecular weight excluding hydrogens is 210 g/mol. The molecule has 0 saturated carbocycles. The van der Waals surface area contributed by atoms with Gasteiger partial charge in [0.2, 0.25) is 0 Å². The number of thioether (sulfide) groups is 1. The van der Waals surface area contributed by atoms with Gasteiger partial charge in [-0.05, 0) is 17.9 Å². The summed E-state index contributed by atoms with van der Waals surface area (Å²) in [6, 6.07) is 5.56. The number of carboxylic acid groups (broad SMARTS) is 1. The first-order valence-electron chi connectivity index (χ1n) is 4.74. The molecule has 1 N–H and O–H groups in total. The molecule has 82 valence electrons. The standard InChI is InChI=1S/C11H15NO2S/c1-4-15-9-7-5-6-8(12(2)3)10(9)11(13)14/h5-7H,4H2,1-3H3,(H,13,14). The third-order valence-electron chi connectivity index (χ3n) is 2.00. The van der Waals surface area contributed by atoms with Crippen LogP contribution >= 0.6 is 11.8 Å². The highest BCUT2D eigenvalue weighted by Crippen LogP contribution is 2.29. The van der Waals surface area contributed by atoms with Crippen molar-refractivity contribution in [2.24, 2.45) is 0 Å². The third kappa shape index (κ3) is 2.65. The largest absolute Gasteiger partial charge is 0.478 e. The Morgan fingerprint density at radius 3 is 2.60 bits per heavy atom. The van der Waals surface area contributed by atoms with Gasteiger partial charge in [0.05, 0.1) is 11.3 Å². The monoisotopic (exact) mass is 225 g/mol. The topological polar surface area (TPSA) is 40.5 Å². The van der Waals surface area contributed by atoms with E-state index in [4.69, 9.17) is 0 Å². The van der Waals surface area contributed by atoms with E-state index in [-0.39, 0.29) is 0 Å². The molecule has 0 radical (unpaired) electrons. The average molecular weight is 225 g/mol. The molecule has 15 heavy (non-hydrogen) atoms. The van der Waals surface area contributed by atoms with Gasteiger partial charge in [-0.1, -0.05) is 13.0 Å². The minimum atomic E-state index is -0.866. The van der Waals surface area contributed by atoms with Crippen molar-refractivity contribution in [3.8, 4) is 0 Å². The van der Waals surface area contributed by atoms with Crippen molar-refractivity contribution < 1.29 is 9.90 Å². The Bertz CT molecular complexity index is 364. The van der Waals surface area contributed by atoms with Crippen molar-refractivity contribution in [3.63, 3.8) is 0 Å². The van der Waals surface area contributed by atoms with Gasteiger partial charge < -0.3 is 10.0 Å². The van der Waals surface area contributed by atoms with Gasteiger partial charge in [0, 0.05) is 19.0 Å². The van der Waals surface area contributed by atoms with E-state index in [0.717, 1.165) is 16.3 Å². The second kappa shape index (κ2) is 5.07. The number of aromatic carboxylic acids is 1. The molecule has 0 atom stereocenters. The van der Waals surface area contributed by atoms with Crippen molar-refractivity contribution >= 4 is 23.4 Å². The lowest BCUT2D eigenvalue weighted by Crippen LogP contribution is -2.14. The number of carboxylic acids is 1. The number of carbonyl (C=O) groups is 1. The number of benzene rings is 1. The molecule has 0 saturated heterocycles. The van der Waals surface area contributed by atoms with Gasteiger partial charge in [-0.3, -0.25) is 0 Å². The fraction of sp³-hybridized carbons (Fsp3) is 0.364. The van der Waals surface area contributed by atoms with E-state index >= 15 is 0 Å². The van der Waals surface area contributed by atoms with Crippen molar-refractivity contribution in [1.82, 2.24) is 0 Å². The molecule has 0 fully saturated rings. The Hall–Kier alpha value is -1.16. The van der Waals surface area contributed by atoms with Gasteiger partial charge in [-0.15, -0.1) is 11.8 Å². The fourth-order valence-corrected chi connectivity index (χ4v) is 2.20. The predicted molar refractivity (Wildman–Crippen MR) is 64.1 cm³/mol. The van der Waals surface area contributed by atoms with E-state index in [1.54, 1.807) is 11.8 Å². The average Bonchev–Trinajstić information content (AvgIpc) is 2.17. The molecule has 0 unspecified atom stereocenters. The van der Waals surface area contributed by atoms with Crippen molar-refractivity contribution in [2.75, 3.05) is 24.7 Å². The molecule has 0 amide bonds. The second-order valence-electron chi connectivity index (χ2n) is 3.28. The molecule has 1 rings (SSSR count). The first-order valence-corrected chi connectivity index (χ1v) is 5.73. The van der Waals surface area contributed by atoms with Crippen LogP contribution in [0, 0.1) is 0 Å². The lowest BCUT2D eigenvalue weighted by Gasteiger charge is -2.17. The van der Waals surface area contributed by atoms with Crippen LogP contribution in [0.25, 0.3) is 0 Å². The molecule has 1 aromatic carbocycles. The van der Waals surface area contributed by atoms with Gasteiger partial charge in [-0.2, -0.15) is 0 Å². The van der Waals surface area contributed by atoms with Crippen molar-refractivity contribution in [3.05, 3.63) is 23.8 Å². The molecule has 0 bridgehead atoms. The minimum absolute atomic E-state index is 0.398. The predicted octanol–water partition coefficient (Wildman–Crippen LogP) is 2.56. The summed E-state index contributed by atoms with van der Waals surface area (Å²) >= 11 is 1.55. The molecule has 0 spiro atoms. The van der Waals surface area contributed by atoms with Crippen LogP contribution in [0.3, 0.4) is 0 Å². The van der Waals surface area contributed by atoms with E-state index in [0.29, 0.717) is 5.56 Å². The SMILES string of the molecule is CCSc1cccc(N(C)C)c1C(=O)O. The Labute approximate surface area is 94.1 Å². The maximum absolute atomic E-state index is 11.2. The smallest absolute Gasteiger partial charge is 0.338 e. The zero-order valence-corrected chi connectivity index (χ0v) is 9.97.